The first-order chi connectivity index (χ1) is 16.4. The van der Waals surface area contributed by atoms with Gasteiger partial charge in [0, 0.05) is 23.7 Å². The van der Waals surface area contributed by atoms with E-state index in [2.05, 4.69) is 11.4 Å². The average Bonchev–Trinajstić information content (AvgIpc) is 2.87. The summed E-state index contributed by atoms with van der Waals surface area (Å²) in [5.74, 6) is -1.78. The summed E-state index contributed by atoms with van der Waals surface area (Å²) in [6.45, 7) is 0.0103. The number of benzene rings is 2. The summed E-state index contributed by atoms with van der Waals surface area (Å²) in [4.78, 5) is 49.0. The molecule has 3 rings (SSSR count). The first-order valence-electron chi connectivity index (χ1n) is 11.0. The molecule has 0 radical (unpaired) electrons. The highest BCUT2D eigenvalue weighted by Gasteiger charge is 2.23. The molecule has 8 nitrogen and oxygen atoms in total. The Bertz CT molecular complexity index is 1130. The number of hydrogen-bond donors (Lipinski definition) is 1. The van der Waals surface area contributed by atoms with Crippen LogP contribution >= 0.6 is 11.8 Å². The van der Waals surface area contributed by atoms with E-state index in [4.69, 9.17) is 4.74 Å². The summed E-state index contributed by atoms with van der Waals surface area (Å²) >= 11 is 1.20. The smallest absolute Gasteiger partial charge is 0.339 e. The highest BCUT2D eigenvalue weighted by molar-refractivity contribution is 7.98. The van der Waals surface area contributed by atoms with Gasteiger partial charge in [0.2, 0.25) is 0 Å². The van der Waals surface area contributed by atoms with E-state index in [1.807, 2.05) is 0 Å². The summed E-state index contributed by atoms with van der Waals surface area (Å²) in [5, 5.41) is 14.1. The monoisotopic (exact) mass is 482 g/mol. The Kier molecular flexibility index (Phi) is 8.98. The molecule has 34 heavy (non-hydrogen) atoms. The summed E-state index contributed by atoms with van der Waals surface area (Å²) in [6.07, 6.45) is 9.21. The van der Waals surface area contributed by atoms with Crippen LogP contribution in [0.1, 0.15) is 58.4 Å². The zero-order chi connectivity index (χ0) is 24.5. The van der Waals surface area contributed by atoms with Crippen LogP contribution in [-0.4, -0.2) is 42.0 Å². The molecular weight excluding hydrogens is 456 g/mol. The number of nitrogens with zero attached hydrogens (tertiary/aromatic N) is 1. The van der Waals surface area contributed by atoms with Crippen molar-refractivity contribution in [3.63, 3.8) is 0 Å². The van der Waals surface area contributed by atoms with E-state index >= 15 is 0 Å². The number of thioether (sulfide) groups is 1. The van der Waals surface area contributed by atoms with E-state index in [0.717, 1.165) is 19.3 Å². The quantitative estimate of drug-likeness (QED) is 0.130. The second-order valence-corrected chi connectivity index (χ2v) is 8.65. The molecule has 178 valence electrons. The minimum Gasteiger partial charge on any atom is -0.452 e. The lowest BCUT2D eigenvalue weighted by Gasteiger charge is -2.13. The van der Waals surface area contributed by atoms with Crippen molar-refractivity contribution in [3.8, 4) is 0 Å². The fourth-order valence-electron chi connectivity index (χ4n) is 3.74. The third-order valence-corrected chi connectivity index (χ3v) is 6.30. The van der Waals surface area contributed by atoms with Crippen molar-refractivity contribution in [3.05, 3.63) is 80.9 Å². The van der Waals surface area contributed by atoms with Gasteiger partial charge in [-0.2, -0.15) is 0 Å². The Morgan fingerprint density at radius 3 is 2.56 bits per heavy atom. The number of carbonyl (C=O) groups excluding carboxylic acids is 3. The normalized spacial score (nSPS) is 13.0. The van der Waals surface area contributed by atoms with Crippen molar-refractivity contribution >= 4 is 35.1 Å². The second kappa shape index (κ2) is 12.1. The number of nitrogens with one attached hydrogen (secondary N) is 1. The van der Waals surface area contributed by atoms with Crippen LogP contribution in [-0.2, 0) is 9.53 Å². The lowest BCUT2D eigenvalue weighted by molar-refractivity contribution is -0.387. The molecule has 9 heteroatoms. The molecule has 2 aromatic rings. The van der Waals surface area contributed by atoms with Crippen LogP contribution < -0.4 is 5.32 Å². The van der Waals surface area contributed by atoms with E-state index in [1.165, 1.54) is 60.5 Å². The first kappa shape index (κ1) is 25.2. The summed E-state index contributed by atoms with van der Waals surface area (Å²) < 4.78 is 5.13. The summed E-state index contributed by atoms with van der Waals surface area (Å²) in [7, 11) is 0. The number of nitro benzene ring substituents is 1. The molecule has 1 N–H and O–H groups in total. The predicted octanol–water partition coefficient (Wildman–Crippen LogP) is 4.71. The fraction of sp³-hybridized carbons (Fsp3) is 0.320. The van der Waals surface area contributed by atoms with Crippen LogP contribution in [0.25, 0.3) is 0 Å². The number of carbonyl (C=O) groups is 3. The van der Waals surface area contributed by atoms with Crippen LogP contribution in [0.15, 0.2) is 59.0 Å². The zero-order valence-electron chi connectivity index (χ0n) is 18.9. The van der Waals surface area contributed by atoms with Crippen LogP contribution in [0.3, 0.4) is 0 Å². The molecule has 0 heterocycles. The molecule has 0 unspecified atom stereocenters. The van der Waals surface area contributed by atoms with Gasteiger partial charge in [0.05, 0.1) is 15.4 Å². The molecule has 1 aliphatic carbocycles. The Labute approximate surface area is 201 Å². The van der Waals surface area contributed by atoms with Crippen molar-refractivity contribution in [1.82, 2.24) is 5.32 Å². The largest absolute Gasteiger partial charge is 0.452 e. The number of allylic oxidation sites excluding steroid dienone is 1. The van der Waals surface area contributed by atoms with Crippen molar-refractivity contribution in [2.24, 2.45) is 0 Å². The maximum Gasteiger partial charge on any atom is 0.339 e. The van der Waals surface area contributed by atoms with E-state index in [1.54, 1.807) is 18.4 Å². The summed E-state index contributed by atoms with van der Waals surface area (Å²) in [5.41, 5.74) is 1.27. The highest BCUT2D eigenvalue weighted by atomic mass is 32.2. The number of esters is 1. The Hall–Kier alpha value is -3.46. The molecule has 0 fully saturated rings. The molecule has 1 aliphatic rings. The van der Waals surface area contributed by atoms with Gasteiger partial charge < -0.3 is 10.1 Å². The van der Waals surface area contributed by atoms with Crippen LogP contribution in [0.2, 0.25) is 0 Å². The van der Waals surface area contributed by atoms with Gasteiger partial charge in [-0.15, -0.1) is 11.8 Å². The van der Waals surface area contributed by atoms with Gasteiger partial charge in [-0.3, -0.25) is 19.7 Å². The SMILES string of the molecule is CSc1ccc(C(=O)c2ccccc2C(=O)OCC(=O)NCCC2=CCCCC2)cc1[N+](=O)[O-]. The molecule has 2 aromatic carbocycles. The highest BCUT2D eigenvalue weighted by Crippen LogP contribution is 2.29. The molecule has 0 bridgehead atoms. The third kappa shape index (κ3) is 6.54. The van der Waals surface area contributed by atoms with Crippen molar-refractivity contribution in [2.75, 3.05) is 19.4 Å². The molecular formula is C25H26N2O6S. The number of ketones is 1. The molecule has 0 spiro atoms. The molecule has 0 aliphatic heterocycles. The van der Waals surface area contributed by atoms with Crippen LogP contribution in [0.5, 0.6) is 0 Å². The fourth-order valence-corrected chi connectivity index (χ4v) is 4.29. The number of nitro groups is 1. The predicted molar refractivity (Wildman–Crippen MR) is 129 cm³/mol. The number of ether oxygens (including phenoxy) is 1. The average molecular weight is 483 g/mol. The topological polar surface area (TPSA) is 116 Å². The lowest BCUT2D eigenvalue weighted by Crippen LogP contribution is -2.30. The maximum absolute atomic E-state index is 13.1. The number of amides is 1. The Morgan fingerprint density at radius 2 is 1.88 bits per heavy atom. The molecule has 0 atom stereocenters. The zero-order valence-corrected chi connectivity index (χ0v) is 19.7. The minimum absolute atomic E-state index is 0.00995. The standard InChI is InChI=1S/C25H26N2O6S/c1-34-22-12-11-18(15-21(22)27(31)32)24(29)19-9-5-6-10-20(19)25(30)33-16-23(28)26-14-13-17-7-3-2-4-8-17/h5-7,9-12,15H,2-4,8,13-14,16H2,1H3,(H,26,28). The van der Waals surface area contributed by atoms with Gasteiger partial charge in [0.1, 0.15) is 0 Å². The van der Waals surface area contributed by atoms with Crippen LogP contribution in [0, 0.1) is 10.1 Å². The van der Waals surface area contributed by atoms with Crippen LogP contribution in [0.4, 0.5) is 5.69 Å². The van der Waals surface area contributed by atoms with Gasteiger partial charge in [0.25, 0.3) is 11.6 Å². The maximum atomic E-state index is 13.1. The van der Waals surface area contributed by atoms with Gasteiger partial charge in [-0.25, -0.2) is 4.79 Å². The van der Waals surface area contributed by atoms with Gasteiger partial charge in [-0.05, 0) is 56.6 Å². The Morgan fingerprint density at radius 1 is 1.12 bits per heavy atom. The number of hydrogen-bond acceptors (Lipinski definition) is 7. The minimum atomic E-state index is -0.815. The lowest BCUT2D eigenvalue weighted by atomic mass is 9.97. The number of rotatable bonds is 10. The van der Waals surface area contributed by atoms with Crippen molar-refractivity contribution in [1.29, 1.82) is 0 Å². The molecule has 1 amide bonds. The molecule has 0 saturated heterocycles. The Balaban J connectivity index is 1.64. The summed E-state index contributed by atoms with van der Waals surface area (Å²) in [6, 6.07) is 10.2. The van der Waals surface area contributed by atoms with Gasteiger partial charge in [-0.1, -0.05) is 29.8 Å². The van der Waals surface area contributed by atoms with Gasteiger partial charge in [0.15, 0.2) is 12.4 Å². The van der Waals surface area contributed by atoms with Crippen molar-refractivity contribution < 1.29 is 24.0 Å². The molecule has 0 saturated carbocycles. The van der Waals surface area contributed by atoms with E-state index in [0.29, 0.717) is 11.4 Å². The van der Waals surface area contributed by atoms with E-state index in [-0.39, 0.29) is 22.4 Å². The second-order valence-electron chi connectivity index (χ2n) is 7.80. The molecule has 0 aromatic heterocycles. The third-order valence-electron chi connectivity index (χ3n) is 5.52. The van der Waals surface area contributed by atoms with E-state index in [9.17, 15) is 24.5 Å². The van der Waals surface area contributed by atoms with Crippen molar-refractivity contribution in [2.45, 2.75) is 37.0 Å². The van der Waals surface area contributed by atoms with Gasteiger partial charge >= 0.3 is 5.97 Å². The first-order valence-corrected chi connectivity index (χ1v) is 12.2. The van der Waals surface area contributed by atoms with E-state index < -0.39 is 29.2 Å².